The van der Waals surface area contributed by atoms with Crippen LogP contribution >= 0.6 is 10.9 Å². The van der Waals surface area contributed by atoms with Crippen molar-refractivity contribution < 1.29 is 0 Å². The van der Waals surface area contributed by atoms with Gasteiger partial charge in [-0.05, 0) is 36.8 Å². The number of benzene rings is 3. The van der Waals surface area contributed by atoms with Gasteiger partial charge in [-0.25, -0.2) is 9.97 Å². The molecule has 0 saturated heterocycles. The highest BCUT2D eigenvalue weighted by atomic mass is 32.2. The summed E-state index contributed by atoms with van der Waals surface area (Å²) in [7, 11) is -0.599. The normalized spacial score (nSPS) is 17.5. The Balaban J connectivity index is 1.59. The molecule has 2 heterocycles. The van der Waals surface area contributed by atoms with Crippen LogP contribution in [0, 0.1) is 6.92 Å². The molecule has 1 aliphatic rings. The maximum atomic E-state index is 4.89. The molecule has 0 amide bonds. The Kier molecular flexibility index (Phi) is 3.94. The Bertz CT molecular complexity index is 1230. The molecule has 0 aliphatic carbocycles. The number of hydrogen-bond donors (Lipinski definition) is 1. The van der Waals surface area contributed by atoms with E-state index in [1.54, 1.807) is 0 Å². The molecule has 1 atom stereocenters. The first kappa shape index (κ1) is 16.1. The molecule has 5 heteroatoms. The van der Waals surface area contributed by atoms with E-state index >= 15 is 0 Å². The predicted octanol–water partition coefficient (Wildman–Crippen LogP) is 5.00. The molecule has 0 N–H and O–H groups in total. The zero-order valence-electron chi connectivity index (χ0n) is 14.9. The molecular formula is C22H18N4S. The van der Waals surface area contributed by atoms with Crippen molar-refractivity contribution in [3.63, 3.8) is 0 Å². The van der Waals surface area contributed by atoms with E-state index in [-0.39, 0.29) is 0 Å². The fourth-order valence-corrected chi connectivity index (χ4v) is 5.17. The van der Waals surface area contributed by atoms with Crippen LogP contribution < -0.4 is 0 Å². The lowest BCUT2D eigenvalue weighted by molar-refractivity contribution is 1.28. The summed E-state index contributed by atoms with van der Waals surface area (Å²) < 4.78 is 0. The van der Waals surface area contributed by atoms with Crippen molar-refractivity contribution in [2.45, 2.75) is 12.7 Å². The molecule has 132 valence electrons. The lowest BCUT2D eigenvalue weighted by atomic mass is 10.1. The van der Waals surface area contributed by atoms with Crippen molar-refractivity contribution in [3.8, 4) is 0 Å². The molecule has 1 unspecified atom stereocenters. The number of thiol groups is 1. The van der Waals surface area contributed by atoms with Crippen molar-refractivity contribution in [3.05, 3.63) is 83.4 Å². The van der Waals surface area contributed by atoms with Gasteiger partial charge in [0, 0.05) is 11.3 Å². The Labute approximate surface area is 160 Å². The third-order valence-corrected chi connectivity index (χ3v) is 6.62. The van der Waals surface area contributed by atoms with E-state index in [0.717, 1.165) is 38.4 Å². The number of hydrogen-bond acceptors (Lipinski definition) is 4. The first-order chi connectivity index (χ1) is 13.3. The Hall–Kier alpha value is -3.05. The monoisotopic (exact) mass is 370 g/mol. The van der Waals surface area contributed by atoms with Gasteiger partial charge in [-0.2, -0.15) is 16.0 Å². The first-order valence-corrected chi connectivity index (χ1v) is 10.5. The van der Waals surface area contributed by atoms with E-state index in [0.29, 0.717) is 0 Å². The summed E-state index contributed by atoms with van der Waals surface area (Å²) in [6, 6.07) is 22.8. The van der Waals surface area contributed by atoms with Crippen molar-refractivity contribution >= 4 is 43.6 Å². The van der Waals surface area contributed by atoms with Crippen LogP contribution in [0.15, 0.2) is 76.9 Å². The number of nitrogens with zero attached hydrogens (tertiary/aromatic N) is 4. The van der Waals surface area contributed by atoms with Crippen LogP contribution in [0.4, 0.5) is 0 Å². The largest absolute Gasteiger partial charge is 0.244 e. The molecule has 0 fully saturated rings. The van der Waals surface area contributed by atoms with Gasteiger partial charge in [0.1, 0.15) is 5.04 Å². The summed E-state index contributed by atoms with van der Waals surface area (Å²) in [5.41, 5.74) is 9.25. The van der Waals surface area contributed by atoms with Gasteiger partial charge in [0.25, 0.3) is 0 Å². The smallest absolute Gasteiger partial charge is 0.114 e. The van der Waals surface area contributed by atoms with E-state index in [2.05, 4.69) is 47.5 Å². The highest BCUT2D eigenvalue weighted by molar-refractivity contribution is 8.40. The summed E-state index contributed by atoms with van der Waals surface area (Å²) >= 11 is 0. The van der Waals surface area contributed by atoms with Gasteiger partial charge in [-0.1, -0.05) is 48.0 Å². The summed E-state index contributed by atoms with van der Waals surface area (Å²) in [6.07, 6.45) is 0. The maximum absolute atomic E-state index is 4.89. The summed E-state index contributed by atoms with van der Waals surface area (Å²) in [4.78, 5) is 9.67. The minimum Gasteiger partial charge on any atom is -0.244 e. The molecule has 5 rings (SSSR count). The average Bonchev–Trinajstić information content (AvgIpc) is 3.14. The second kappa shape index (κ2) is 6.59. The zero-order chi connectivity index (χ0) is 18.2. The molecule has 0 saturated carbocycles. The number of rotatable bonds is 3. The number of aromatic nitrogens is 2. The quantitative estimate of drug-likeness (QED) is 0.408. The maximum Gasteiger partial charge on any atom is 0.114 e. The average molecular weight is 370 g/mol. The van der Waals surface area contributed by atoms with E-state index < -0.39 is 10.9 Å². The SMILES string of the molecule is Cc1cccc(C[SH]2C=NN=C2c2cccc3nc4ccccc4nc23)c1. The highest BCUT2D eigenvalue weighted by Gasteiger charge is 2.20. The third kappa shape index (κ3) is 3.00. The van der Waals surface area contributed by atoms with Gasteiger partial charge >= 0.3 is 0 Å². The number of fused-ring (bicyclic) bond motifs is 2. The van der Waals surface area contributed by atoms with Crippen molar-refractivity contribution in [2.75, 3.05) is 0 Å². The molecule has 0 spiro atoms. The van der Waals surface area contributed by atoms with Gasteiger partial charge in [0.05, 0.1) is 27.6 Å². The second-order valence-corrected chi connectivity index (χ2v) is 8.57. The standard InChI is InChI=1S/C22H18N4S/c1-15-6-4-7-16(12-15)13-27-14-23-26-22(27)17-8-5-11-20-21(17)25-19-10-3-2-9-18(19)24-20/h2-12,14,27H,13H2,1H3. The summed E-state index contributed by atoms with van der Waals surface area (Å²) in [5, 5.41) is 9.77. The molecular weight excluding hydrogens is 352 g/mol. The molecule has 4 nitrogen and oxygen atoms in total. The van der Waals surface area contributed by atoms with E-state index in [1.807, 2.05) is 41.9 Å². The molecule has 1 aliphatic heterocycles. The van der Waals surface area contributed by atoms with Crippen LogP contribution in [0.25, 0.3) is 22.1 Å². The topological polar surface area (TPSA) is 50.5 Å². The third-order valence-electron chi connectivity index (χ3n) is 4.66. The van der Waals surface area contributed by atoms with Gasteiger partial charge in [-0.15, -0.1) is 5.10 Å². The van der Waals surface area contributed by atoms with Gasteiger partial charge < -0.3 is 0 Å². The van der Waals surface area contributed by atoms with Crippen LogP contribution in [0.1, 0.15) is 16.7 Å². The lowest BCUT2D eigenvalue weighted by Crippen LogP contribution is -2.04. The molecule has 3 aromatic carbocycles. The van der Waals surface area contributed by atoms with Crippen molar-refractivity contribution in [1.29, 1.82) is 0 Å². The van der Waals surface area contributed by atoms with Crippen LogP contribution in [-0.4, -0.2) is 20.6 Å². The van der Waals surface area contributed by atoms with Gasteiger partial charge in [-0.3, -0.25) is 0 Å². The minimum atomic E-state index is -0.599. The van der Waals surface area contributed by atoms with Crippen LogP contribution in [-0.2, 0) is 5.75 Å². The Morgan fingerprint density at radius 2 is 1.59 bits per heavy atom. The zero-order valence-corrected chi connectivity index (χ0v) is 15.8. The fourth-order valence-electron chi connectivity index (χ4n) is 3.41. The van der Waals surface area contributed by atoms with Crippen molar-refractivity contribution in [2.24, 2.45) is 10.2 Å². The molecule has 4 aromatic rings. The van der Waals surface area contributed by atoms with Crippen LogP contribution in [0.3, 0.4) is 0 Å². The second-order valence-electron chi connectivity index (χ2n) is 6.66. The molecule has 0 radical (unpaired) electrons. The molecule has 27 heavy (non-hydrogen) atoms. The number of aryl methyl sites for hydroxylation is 1. The molecule has 0 bridgehead atoms. The number of para-hydroxylation sites is 3. The van der Waals surface area contributed by atoms with E-state index in [1.165, 1.54) is 11.1 Å². The van der Waals surface area contributed by atoms with Crippen molar-refractivity contribution in [1.82, 2.24) is 9.97 Å². The predicted molar refractivity (Wildman–Crippen MR) is 116 cm³/mol. The summed E-state index contributed by atoms with van der Waals surface area (Å²) in [6.45, 7) is 2.12. The molecule has 1 aromatic heterocycles. The van der Waals surface area contributed by atoms with Gasteiger partial charge in [0.2, 0.25) is 0 Å². The lowest BCUT2D eigenvalue weighted by Gasteiger charge is -2.16. The highest BCUT2D eigenvalue weighted by Crippen LogP contribution is 2.38. The van der Waals surface area contributed by atoms with E-state index in [9.17, 15) is 0 Å². The summed E-state index contributed by atoms with van der Waals surface area (Å²) in [5.74, 6) is 0.941. The minimum absolute atomic E-state index is 0.599. The Morgan fingerprint density at radius 3 is 2.44 bits per heavy atom. The Morgan fingerprint density at radius 1 is 0.815 bits per heavy atom. The van der Waals surface area contributed by atoms with Gasteiger partial charge in [0.15, 0.2) is 0 Å². The van der Waals surface area contributed by atoms with E-state index in [4.69, 9.17) is 9.97 Å². The van der Waals surface area contributed by atoms with Crippen LogP contribution in [0.5, 0.6) is 0 Å². The fraction of sp³-hybridized carbons (Fsp3) is 0.0909. The van der Waals surface area contributed by atoms with Crippen LogP contribution in [0.2, 0.25) is 0 Å². The first-order valence-electron chi connectivity index (χ1n) is 8.87.